The van der Waals surface area contributed by atoms with Crippen LogP contribution >= 0.6 is 0 Å². The Bertz CT molecular complexity index is 767. The van der Waals surface area contributed by atoms with Crippen LogP contribution in [0.4, 0.5) is 0 Å². The van der Waals surface area contributed by atoms with Gasteiger partial charge in [0.15, 0.2) is 0 Å². The number of pyridine rings is 1. The van der Waals surface area contributed by atoms with Crippen LogP contribution in [-0.4, -0.2) is 48.6 Å². The lowest BCUT2D eigenvalue weighted by atomic mass is 10.0. The van der Waals surface area contributed by atoms with E-state index in [0.29, 0.717) is 19.8 Å². The van der Waals surface area contributed by atoms with Gasteiger partial charge in [-0.15, -0.1) is 0 Å². The van der Waals surface area contributed by atoms with E-state index >= 15 is 0 Å². The van der Waals surface area contributed by atoms with E-state index in [9.17, 15) is 9.59 Å². The summed E-state index contributed by atoms with van der Waals surface area (Å²) in [6.07, 6.45) is 0. The number of benzene rings is 1. The molecular weight excluding hydrogens is 318 g/mol. The number of carbonyl (C=O) groups excluding carboxylic acids is 1. The number of aryl methyl sites for hydroxylation is 1. The maximum atomic E-state index is 12.4. The molecule has 3 rings (SSSR count). The van der Waals surface area contributed by atoms with Gasteiger partial charge in [0.1, 0.15) is 5.56 Å². The van der Waals surface area contributed by atoms with Crippen molar-refractivity contribution in [1.82, 2.24) is 15.2 Å². The Morgan fingerprint density at radius 2 is 1.92 bits per heavy atom. The molecule has 0 radical (unpaired) electrons. The van der Waals surface area contributed by atoms with E-state index in [4.69, 9.17) is 4.74 Å². The molecule has 1 unspecified atom stereocenters. The monoisotopic (exact) mass is 341 g/mol. The van der Waals surface area contributed by atoms with Crippen LogP contribution in [0.5, 0.6) is 0 Å². The zero-order chi connectivity index (χ0) is 17.6. The van der Waals surface area contributed by atoms with Crippen molar-refractivity contribution in [3.05, 3.63) is 69.6 Å². The number of hydrogen-bond donors (Lipinski definition) is 2. The summed E-state index contributed by atoms with van der Waals surface area (Å²) >= 11 is 0. The van der Waals surface area contributed by atoms with Gasteiger partial charge in [0.25, 0.3) is 11.5 Å². The van der Waals surface area contributed by atoms with E-state index in [1.807, 2.05) is 18.2 Å². The number of ether oxygens (including phenoxy) is 1. The second-order valence-electron chi connectivity index (χ2n) is 6.17. The summed E-state index contributed by atoms with van der Waals surface area (Å²) in [6.45, 7) is 5.24. The van der Waals surface area contributed by atoms with Crippen molar-refractivity contribution in [2.24, 2.45) is 0 Å². The van der Waals surface area contributed by atoms with Crippen LogP contribution in [0, 0.1) is 6.92 Å². The fourth-order valence-electron chi connectivity index (χ4n) is 3.06. The van der Waals surface area contributed by atoms with E-state index < -0.39 is 0 Å². The Morgan fingerprint density at radius 1 is 1.20 bits per heavy atom. The molecule has 0 aliphatic carbocycles. The topological polar surface area (TPSA) is 74.4 Å². The van der Waals surface area contributed by atoms with Gasteiger partial charge in [0.2, 0.25) is 0 Å². The van der Waals surface area contributed by atoms with Gasteiger partial charge < -0.3 is 15.0 Å². The van der Waals surface area contributed by atoms with Crippen molar-refractivity contribution < 1.29 is 9.53 Å². The van der Waals surface area contributed by atoms with Gasteiger partial charge in [0.05, 0.1) is 19.3 Å². The van der Waals surface area contributed by atoms with Gasteiger partial charge in [-0.2, -0.15) is 0 Å². The summed E-state index contributed by atoms with van der Waals surface area (Å²) < 4.78 is 5.43. The van der Waals surface area contributed by atoms with E-state index in [0.717, 1.165) is 24.3 Å². The fourth-order valence-corrected chi connectivity index (χ4v) is 3.06. The van der Waals surface area contributed by atoms with E-state index in [2.05, 4.69) is 27.3 Å². The second kappa shape index (κ2) is 8.09. The lowest BCUT2D eigenvalue weighted by Gasteiger charge is -2.34. The molecule has 0 saturated carbocycles. The number of carbonyl (C=O) groups is 1. The van der Waals surface area contributed by atoms with Crippen molar-refractivity contribution in [2.45, 2.75) is 13.0 Å². The molecule has 1 aromatic carbocycles. The number of rotatable bonds is 5. The normalized spacial score (nSPS) is 16.4. The molecule has 132 valence electrons. The highest BCUT2D eigenvalue weighted by molar-refractivity contribution is 5.93. The summed E-state index contributed by atoms with van der Waals surface area (Å²) in [6, 6.07) is 13.4. The van der Waals surface area contributed by atoms with Gasteiger partial charge in [0, 0.05) is 25.3 Å². The zero-order valence-electron chi connectivity index (χ0n) is 14.3. The maximum Gasteiger partial charge on any atom is 0.260 e. The molecule has 1 atom stereocenters. The van der Waals surface area contributed by atoms with Gasteiger partial charge in [-0.1, -0.05) is 30.3 Å². The third-order valence-electron chi connectivity index (χ3n) is 4.43. The Morgan fingerprint density at radius 3 is 2.60 bits per heavy atom. The summed E-state index contributed by atoms with van der Waals surface area (Å²) in [7, 11) is 0. The number of aromatic amines is 1. The van der Waals surface area contributed by atoms with E-state index in [1.54, 1.807) is 19.1 Å². The summed E-state index contributed by atoms with van der Waals surface area (Å²) in [4.78, 5) is 29.3. The Balaban J connectivity index is 1.74. The Labute approximate surface area is 146 Å². The summed E-state index contributed by atoms with van der Waals surface area (Å²) in [5, 5.41) is 2.91. The minimum Gasteiger partial charge on any atom is -0.379 e. The van der Waals surface area contributed by atoms with Crippen LogP contribution in [0.25, 0.3) is 0 Å². The minimum atomic E-state index is -0.361. The predicted octanol–water partition coefficient (Wildman–Crippen LogP) is 1.49. The summed E-state index contributed by atoms with van der Waals surface area (Å²) in [5.74, 6) is -0.351. The number of amides is 1. The van der Waals surface area contributed by atoms with Crippen molar-refractivity contribution in [2.75, 3.05) is 32.8 Å². The van der Waals surface area contributed by atoms with E-state index in [-0.39, 0.29) is 23.1 Å². The van der Waals surface area contributed by atoms with Crippen molar-refractivity contribution in [3.63, 3.8) is 0 Å². The van der Waals surface area contributed by atoms with Gasteiger partial charge >= 0.3 is 0 Å². The molecule has 2 aromatic rings. The molecule has 25 heavy (non-hydrogen) atoms. The highest BCUT2D eigenvalue weighted by Crippen LogP contribution is 2.21. The molecule has 0 spiro atoms. The quantitative estimate of drug-likeness (QED) is 0.864. The lowest BCUT2D eigenvalue weighted by Crippen LogP contribution is -2.44. The van der Waals surface area contributed by atoms with E-state index in [1.165, 1.54) is 0 Å². The molecule has 1 aromatic heterocycles. The molecule has 6 nitrogen and oxygen atoms in total. The summed E-state index contributed by atoms with van der Waals surface area (Å²) in [5.41, 5.74) is 1.65. The molecule has 1 fully saturated rings. The van der Waals surface area contributed by atoms with Gasteiger partial charge in [-0.25, -0.2) is 0 Å². The smallest absolute Gasteiger partial charge is 0.260 e. The number of aromatic nitrogens is 1. The number of nitrogens with zero attached hydrogens (tertiary/aromatic N) is 1. The van der Waals surface area contributed by atoms with Crippen LogP contribution in [0.1, 0.15) is 27.7 Å². The van der Waals surface area contributed by atoms with Crippen molar-refractivity contribution in [3.8, 4) is 0 Å². The number of H-pyrrole nitrogens is 1. The van der Waals surface area contributed by atoms with Crippen molar-refractivity contribution >= 4 is 5.91 Å². The molecular formula is C19H23N3O3. The number of hydrogen-bond acceptors (Lipinski definition) is 4. The highest BCUT2D eigenvalue weighted by Gasteiger charge is 2.23. The maximum absolute atomic E-state index is 12.4. The largest absolute Gasteiger partial charge is 0.379 e. The first-order valence-electron chi connectivity index (χ1n) is 8.50. The molecule has 2 heterocycles. The Hall–Kier alpha value is -2.44. The molecule has 6 heteroatoms. The number of morpholine rings is 1. The Kier molecular flexibility index (Phi) is 5.63. The minimum absolute atomic E-state index is 0.0542. The first-order chi connectivity index (χ1) is 12.1. The average Bonchev–Trinajstić information content (AvgIpc) is 2.63. The highest BCUT2D eigenvalue weighted by atomic mass is 16.5. The van der Waals surface area contributed by atoms with Crippen LogP contribution < -0.4 is 10.9 Å². The van der Waals surface area contributed by atoms with Crippen molar-refractivity contribution in [1.29, 1.82) is 0 Å². The van der Waals surface area contributed by atoms with Gasteiger partial charge in [-0.3, -0.25) is 14.5 Å². The first kappa shape index (κ1) is 17.4. The second-order valence-corrected chi connectivity index (χ2v) is 6.17. The average molecular weight is 341 g/mol. The third-order valence-corrected chi connectivity index (χ3v) is 4.43. The predicted molar refractivity (Wildman–Crippen MR) is 95.7 cm³/mol. The van der Waals surface area contributed by atoms with Crippen LogP contribution in [0.15, 0.2) is 47.3 Å². The van der Waals surface area contributed by atoms with Crippen LogP contribution in [-0.2, 0) is 4.74 Å². The SMILES string of the molecule is Cc1ccc(C(=O)NCC(c2ccccc2)N2CCOCC2)c(=O)[nH]1. The van der Waals surface area contributed by atoms with Gasteiger partial charge in [-0.05, 0) is 24.6 Å². The zero-order valence-corrected chi connectivity index (χ0v) is 14.3. The third kappa shape index (κ3) is 4.35. The molecule has 1 saturated heterocycles. The molecule has 1 amide bonds. The molecule has 1 aliphatic heterocycles. The van der Waals surface area contributed by atoms with Crippen LogP contribution in [0.3, 0.4) is 0 Å². The standard InChI is InChI=1S/C19H23N3O3/c1-14-7-8-16(19(24)21-14)18(23)20-13-17(15-5-3-2-4-6-15)22-9-11-25-12-10-22/h2-8,17H,9-13H2,1H3,(H,20,23)(H,21,24). The molecule has 1 aliphatic rings. The number of nitrogens with one attached hydrogen (secondary N) is 2. The van der Waals surface area contributed by atoms with Crippen LogP contribution in [0.2, 0.25) is 0 Å². The molecule has 2 N–H and O–H groups in total. The lowest BCUT2D eigenvalue weighted by molar-refractivity contribution is 0.0162. The first-order valence-corrected chi connectivity index (χ1v) is 8.50. The fraction of sp³-hybridized carbons (Fsp3) is 0.368. The molecule has 0 bridgehead atoms.